The number of hydrogen-bond donors (Lipinski definition) is 1. The van der Waals surface area contributed by atoms with E-state index in [2.05, 4.69) is 20.5 Å². The molecule has 5 rings (SSSR count). The average molecular weight is 545 g/mol. The van der Waals surface area contributed by atoms with E-state index in [9.17, 15) is 22.4 Å². The molecule has 1 N–H and O–H groups in total. The first kappa shape index (κ1) is 25.2. The van der Waals surface area contributed by atoms with Gasteiger partial charge in [0.25, 0.3) is 5.91 Å². The minimum absolute atomic E-state index is 0.0556. The molecular weight excluding hydrogens is 528 g/mol. The number of amides is 1. The summed E-state index contributed by atoms with van der Waals surface area (Å²) in [6, 6.07) is 12.4. The van der Waals surface area contributed by atoms with Crippen LogP contribution in [0.1, 0.15) is 21.7 Å². The van der Waals surface area contributed by atoms with Gasteiger partial charge in [-0.15, -0.1) is 0 Å². The Balaban J connectivity index is 1.41. The van der Waals surface area contributed by atoms with Crippen LogP contribution in [0.2, 0.25) is 5.02 Å². The minimum Gasteiger partial charge on any atom is -0.497 e. The number of carbonyl (C=O) groups excluding carboxylic acids is 1. The highest BCUT2D eigenvalue weighted by molar-refractivity contribution is 6.31. The maximum Gasteiger partial charge on any atom is 0.433 e. The fourth-order valence-corrected chi connectivity index (χ4v) is 3.96. The first-order valence-electron chi connectivity index (χ1n) is 11.0. The smallest absolute Gasteiger partial charge is 0.433 e. The lowest BCUT2D eigenvalue weighted by molar-refractivity contribution is -0.142. The van der Waals surface area contributed by atoms with Crippen LogP contribution < -0.4 is 10.1 Å². The van der Waals surface area contributed by atoms with Gasteiger partial charge in [0, 0.05) is 22.8 Å². The summed E-state index contributed by atoms with van der Waals surface area (Å²) in [6.45, 7) is 0.205. The van der Waals surface area contributed by atoms with Crippen molar-refractivity contribution in [2.75, 3.05) is 12.4 Å². The van der Waals surface area contributed by atoms with Gasteiger partial charge in [-0.3, -0.25) is 9.48 Å². The Bertz CT molecular complexity index is 1650. The van der Waals surface area contributed by atoms with Crippen molar-refractivity contribution in [3.63, 3.8) is 0 Å². The number of carbonyl (C=O) groups is 1. The number of nitrogens with one attached hydrogen (secondary N) is 1. The monoisotopic (exact) mass is 544 g/mol. The van der Waals surface area contributed by atoms with Crippen LogP contribution in [0.3, 0.4) is 0 Å². The second kappa shape index (κ2) is 9.78. The highest BCUT2D eigenvalue weighted by atomic mass is 35.5. The zero-order chi connectivity index (χ0) is 27.0. The molecule has 0 saturated heterocycles. The van der Waals surface area contributed by atoms with Gasteiger partial charge in [-0.2, -0.15) is 23.4 Å². The highest BCUT2D eigenvalue weighted by Crippen LogP contribution is 2.33. The summed E-state index contributed by atoms with van der Waals surface area (Å²) in [5.41, 5.74) is -0.154. The molecule has 0 aliphatic carbocycles. The maximum absolute atomic E-state index is 13.9. The predicted octanol–water partition coefficient (Wildman–Crippen LogP) is 5.71. The quantitative estimate of drug-likeness (QED) is 0.277. The van der Waals surface area contributed by atoms with E-state index in [1.807, 2.05) is 0 Å². The molecule has 0 atom stereocenters. The van der Waals surface area contributed by atoms with Gasteiger partial charge in [-0.25, -0.2) is 13.9 Å². The molecule has 0 radical (unpaired) electrons. The Morgan fingerprint density at radius 1 is 1.11 bits per heavy atom. The van der Waals surface area contributed by atoms with E-state index in [0.717, 1.165) is 6.07 Å². The standard InChI is InChI=1S/C25H17ClF4N6O2/c1-38-18-6-3-14(4-7-18)20-9-22(25(28,29)30)36-23(33-20)10-21(34-36)24(37)32-17-11-31-35(13-17)12-15-2-5-16(27)8-19(15)26/h2-11,13H,12H2,1H3,(H,32,37). The van der Waals surface area contributed by atoms with Gasteiger partial charge in [-0.1, -0.05) is 17.7 Å². The van der Waals surface area contributed by atoms with Crippen molar-refractivity contribution in [2.24, 2.45) is 0 Å². The van der Waals surface area contributed by atoms with Gasteiger partial charge in [0.1, 0.15) is 11.6 Å². The van der Waals surface area contributed by atoms with Crippen LogP contribution in [-0.4, -0.2) is 37.4 Å². The number of anilines is 1. The van der Waals surface area contributed by atoms with E-state index in [1.165, 1.54) is 48.5 Å². The van der Waals surface area contributed by atoms with E-state index in [0.29, 0.717) is 21.4 Å². The van der Waals surface area contributed by atoms with Crippen LogP contribution in [0.5, 0.6) is 5.75 Å². The van der Waals surface area contributed by atoms with E-state index >= 15 is 0 Å². The van der Waals surface area contributed by atoms with Gasteiger partial charge in [0.2, 0.25) is 0 Å². The lowest BCUT2D eigenvalue weighted by atomic mass is 10.1. The van der Waals surface area contributed by atoms with E-state index in [4.69, 9.17) is 16.3 Å². The minimum atomic E-state index is -4.76. The molecular formula is C25H17ClF4N6O2. The molecule has 0 aliphatic heterocycles. The molecule has 0 fully saturated rings. The van der Waals surface area contributed by atoms with Crippen LogP contribution in [0.4, 0.5) is 23.2 Å². The highest BCUT2D eigenvalue weighted by Gasteiger charge is 2.35. The summed E-state index contributed by atoms with van der Waals surface area (Å²) >= 11 is 6.04. The first-order chi connectivity index (χ1) is 18.1. The zero-order valence-electron chi connectivity index (χ0n) is 19.5. The molecule has 194 valence electrons. The lowest BCUT2D eigenvalue weighted by Gasteiger charge is -2.11. The topological polar surface area (TPSA) is 86.3 Å². The number of fused-ring (bicyclic) bond motifs is 1. The first-order valence-corrected chi connectivity index (χ1v) is 11.4. The van der Waals surface area contributed by atoms with Crippen molar-refractivity contribution in [1.29, 1.82) is 0 Å². The number of nitrogens with zero attached hydrogens (tertiary/aromatic N) is 5. The third kappa shape index (κ3) is 5.16. The second-order valence-corrected chi connectivity index (χ2v) is 8.58. The van der Waals surface area contributed by atoms with Gasteiger partial charge in [-0.05, 0) is 48.0 Å². The number of aromatic nitrogens is 5. The number of methoxy groups -OCH3 is 1. The number of benzene rings is 2. The summed E-state index contributed by atoms with van der Waals surface area (Å²) in [4.78, 5) is 17.1. The van der Waals surface area contributed by atoms with Crippen molar-refractivity contribution < 1.29 is 27.1 Å². The molecule has 0 spiro atoms. The fourth-order valence-electron chi connectivity index (χ4n) is 3.73. The molecule has 38 heavy (non-hydrogen) atoms. The van der Waals surface area contributed by atoms with Crippen LogP contribution >= 0.6 is 11.6 Å². The molecule has 2 aromatic carbocycles. The van der Waals surface area contributed by atoms with Crippen molar-refractivity contribution in [1.82, 2.24) is 24.4 Å². The number of halogens is 5. The molecule has 1 amide bonds. The molecule has 0 unspecified atom stereocenters. The lowest BCUT2D eigenvalue weighted by Crippen LogP contribution is -2.15. The molecule has 0 saturated carbocycles. The molecule has 3 aromatic heterocycles. The molecule has 3 heterocycles. The predicted molar refractivity (Wildman–Crippen MR) is 131 cm³/mol. The summed E-state index contributed by atoms with van der Waals surface area (Å²) in [7, 11) is 1.48. The van der Waals surface area contributed by atoms with E-state index < -0.39 is 23.6 Å². The third-order valence-electron chi connectivity index (χ3n) is 5.57. The number of alkyl halides is 3. The van der Waals surface area contributed by atoms with E-state index in [1.54, 1.807) is 24.3 Å². The summed E-state index contributed by atoms with van der Waals surface area (Å²) in [5, 5.41) is 10.7. The zero-order valence-corrected chi connectivity index (χ0v) is 20.3. The molecule has 13 heteroatoms. The van der Waals surface area contributed by atoms with Crippen LogP contribution in [0.25, 0.3) is 16.9 Å². The normalized spacial score (nSPS) is 11.6. The van der Waals surface area contributed by atoms with Crippen LogP contribution in [-0.2, 0) is 12.7 Å². The molecule has 0 bridgehead atoms. The van der Waals surface area contributed by atoms with Crippen molar-refractivity contribution in [2.45, 2.75) is 12.7 Å². The Kier molecular flexibility index (Phi) is 6.49. The van der Waals surface area contributed by atoms with Crippen molar-refractivity contribution >= 4 is 28.8 Å². The maximum atomic E-state index is 13.9. The number of hydrogen-bond acceptors (Lipinski definition) is 5. The Morgan fingerprint density at radius 3 is 2.55 bits per heavy atom. The number of ether oxygens (including phenoxy) is 1. The van der Waals surface area contributed by atoms with Gasteiger partial charge >= 0.3 is 6.18 Å². The van der Waals surface area contributed by atoms with E-state index in [-0.39, 0.29) is 34.3 Å². The Labute approximate surface area is 217 Å². The molecule has 8 nitrogen and oxygen atoms in total. The summed E-state index contributed by atoms with van der Waals surface area (Å²) in [5.74, 6) is -0.689. The fraction of sp³-hybridized carbons (Fsp3) is 0.120. The van der Waals surface area contributed by atoms with Crippen LogP contribution in [0, 0.1) is 5.82 Å². The van der Waals surface area contributed by atoms with Gasteiger partial charge in [0.05, 0.1) is 31.2 Å². The Morgan fingerprint density at radius 2 is 1.87 bits per heavy atom. The van der Waals surface area contributed by atoms with Crippen LogP contribution in [0.15, 0.2) is 67.0 Å². The number of rotatable bonds is 6. The Hall–Kier alpha value is -4.45. The molecule has 0 aliphatic rings. The average Bonchev–Trinajstić information content (AvgIpc) is 3.51. The molecule has 5 aromatic rings. The SMILES string of the molecule is COc1ccc(-c2cc(C(F)(F)F)n3nc(C(=O)Nc4cnn(Cc5ccc(F)cc5Cl)c4)cc3n2)cc1. The largest absolute Gasteiger partial charge is 0.497 e. The van der Waals surface area contributed by atoms with Crippen molar-refractivity contribution in [3.05, 3.63) is 94.8 Å². The third-order valence-corrected chi connectivity index (χ3v) is 5.93. The summed E-state index contributed by atoms with van der Waals surface area (Å²) < 4.78 is 62.0. The summed E-state index contributed by atoms with van der Waals surface area (Å²) in [6.07, 6.45) is -1.91. The van der Waals surface area contributed by atoms with Crippen molar-refractivity contribution in [3.8, 4) is 17.0 Å². The van der Waals surface area contributed by atoms with Gasteiger partial charge in [0.15, 0.2) is 17.0 Å². The van der Waals surface area contributed by atoms with Gasteiger partial charge < -0.3 is 10.1 Å². The second-order valence-electron chi connectivity index (χ2n) is 8.17.